The van der Waals surface area contributed by atoms with Gasteiger partial charge < -0.3 is 5.11 Å². The SMILES string of the molecule is C=CC[C@]1(O)CCCC[C@]23CCC[C@]12C3. The Morgan fingerprint density at radius 1 is 1.07 bits per heavy atom. The Balaban J connectivity index is 1.97. The minimum atomic E-state index is -0.401. The number of hydrogen-bond acceptors (Lipinski definition) is 1. The summed E-state index contributed by atoms with van der Waals surface area (Å²) in [5.41, 5.74) is 0.466. The third-order valence-corrected chi connectivity index (χ3v) is 5.66. The van der Waals surface area contributed by atoms with Crippen LogP contribution in [0.2, 0.25) is 0 Å². The summed E-state index contributed by atoms with van der Waals surface area (Å²) in [6.07, 6.45) is 13.0. The van der Waals surface area contributed by atoms with Crippen molar-refractivity contribution in [2.45, 2.75) is 63.4 Å². The van der Waals surface area contributed by atoms with Crippen LogP contribution < -0.4 is 0 Å². The lowest BCUT2D eigenvalue weighted by molar-refractivity contribution is -0.0460. The van der Waals surface area contributed by atoms with Crippen LogP contribution in [0.1, 0.15) is 57.8 Å². The van der Waals surface area contributed by atoms with Gasteiger partial charge in [-0.2, -0.15) is 0 Å². The fourth-order valence-corrected chi connectivity index (χ4v) is 4.94. The van der Waals surface area contributed by atoms with E-state index in [0.717, 1.165) is 12.8 Å². The van der Waals surface area contributed by atoms with E-state index in [4.69, 9.17) is 0 Å². The van der Waals surface area contributed by atoms with Gasteiger partial charge in [0.05, 0.1) is 5.60 Å². The third kappa shape index (κ3) is 1.03. The monoisotopic (exact) mass is 206 g/mol. The van der Waals surface area contributed by atoms with E-state index >= 15 is 0 Å². The number of rotatable bonds is 2. The van der Waals surface area contributed by atoms with Crippen molar-refractivity contribution >= 4 is 0 Å². The van der Waals surface area contributed by atoms with E-state index < -0.39 is 5.60 Å². The summed E-state index contributed by atoms with van der Waals surface area (Å²) in [7, 11) is 0. The first-order chi connectivity index (χ1) is 7.18. The van der Waals surface area contributed by atoms with E-state index in [1.165, 1.54) is 44.9 Å². The lowest BCUT2D eigenvalue weighted by Crippen LogP contribution is -2.40. The van der Waals surface area contributed by atoms with Gasteiger partial charge in [0, 0.05) is 5.41 Å². The average Bonchev–Trinajstić information content (AvgIpc) is 2.74. The lowest BCUT2D eigenvalue weighted by Gasteiger charge is -2.36. The van der Waals surface area contributed by atoms with E-state index in [1.807, 2.05) is 6.08 Å². The fraction of sp³-hybridized carbons (Fsp3) is 0.857. The molecule has 0 aliphatic heterocycles. The molecule has 0 radical (unpaired) electrons. The Labute approximate surface area is 92.6 Å². The highest BCUT2D eigenvalue weighted by molar-refractivity contribution is 5.26. The molecule has 0 aromatic carbocycles. The van der Waals surface area contributed by atoms with Gasteiger partial charge in [0.15, 0.2) is 0 Å². The van der Waals surface area contributed by atoms with E-state index in [2.05, 4.69) is 6.58 Å². The van der Waals surface area contributed by atoms with E-state index in [-0.39, 0.29) is 0 Å². The quantitative estimate of drug-likeness (QED) is 0.686. The zero-order valence-corrected chi connectivity index (χ0v) is 9.60. The second-order valence-corrected chi connectivity index (χ2v) is 6.12. The number of aliphatic hydroxyl groups is 1. The van der Waals surface area contributed by atoms with Crippen LogP contribution in [-0.4, -0.2) is 10.7 Å². The molecule has 15 heavy (non-hydrogen) atoms. The lowest BCUT2D eigenvalue weighted by atomic mass is 9.75. The molecule has 1 heteroatoms. The van der Waals surface area contributed by atoms with Crippen LogP contribution in [0, 0.1) is 10.8 Å². The van der Waals surface area contributed by atoms with Gasteiger partial charge in [-0.3, -0.25) is 0 Å². The van der Waals surface area contributed by atoms with E-state index in [0.29, 0.717) is 10.8 Å². The van der Waals surface area contributed by atoms with Crippen molar-refractivity contribution in [3.05, 3.63) is 12.7 Å². The molecule has 0 aromatic rings. The molecule has 0 amide bonds. The van der Waals surface area contributed by atoms with Crippen molar-refractivity contribution in [3.63, 3.8) is 0 Å². The minimum absolute atomic E-state index is 0.310. The predicted molar refractivity (Wildman–Crippen MR) is 61.6 cm³/mol. The highest BCUT2D eigenvalue weighted by Gasteiger charge is 2.76. The molecule has 1 N–H and O–H groups in total. The van der Waals surface area contributed by atoms with E-state index in [9.17, 15) is 5.11 Å². The van der Waals surface area contributed by atoms with Crippen molar-refractivity contribution < 1.29 is 5.11 Å². The second-order valence-electron chi connectivity index (χ2n) is 6.12. The topological polar surface area (TPSA) is 20.2 Å². The van der Waals surface area contributed by atoms with Crippen LogP contribution in [0.3, 0.4) is 0 Å². The first kappa shape index (κ1) is 9.89. The number of hydrogen-bond donors (Lipinski definition) is 1. The van der Waals surface area contributed by atoms with Crippen molar-refractivity contribution in [2.24, 2.45) is 10.8 Å². The smallest absolute Gasteiger partial charge is 0.0743 e. The maximum absolute atomic E-state index is 10.9. The normalized spacial score (nSPS) is 52.9. The Hall–Kier alpha value is -0.300. The average molecular weight is 206 g/mol. The van der Waals surface area contributed by atoms with Gasteiger partial charge in [-0.15, -0.1) is 6.58 Å². The van der Waals surface area contributed by atoms with Gasteiger partial charge in [-0.05, 0) is 43.9 Å². The molecule has 0 bridgehead atoms. The van der Waals surface area contributed by atoms with Crippen LogP contribution in [-0.2, 0) is 0 Å². The molecule has 84 valence electrons. The Morgan fingerprint density at radius 2 is 1.80 bits per heavy atom. The Morgan fingerprint density at radius 3 is 2.60 bits per heavy atom. The third-order valence-electron chi connectivity index (χ3n) is 5.66. The summed E-state index contributed by atoms with van der Waals surface area (Å²) >= 11 is 0. The first-order valence-electron chi connectivity index (χ1n) is 6.51. The van der Waals surface area contributed by atoms with Gasteiger partial charge in [0.25, 0.3) is 0 Å². The van der Waals surface area contributed by atoms with Crippen LogP contribution in [0.5, 0.6) is 0 Å². The van der Waals surface area contributed by atoms with Crippen LogP contribution in [0.25, 0.3) is 0 Å². The first-order valence-corrected chi connectivity index (χ1v) is 6.51. The molecule has 0 spiro atoms. The molecule has 0 unspecified atom stereocenters. The molecule has 0 saturated heterocycles. The van der Waals surface area contributed by atoms with Crippen LogP contribution in [0.15, 0.2) is 12.7 Å². The summed E-state index contributed by atoms with van der Waals surface area (Å²) in [4.78, 5) is 0. The highest BCUT2D eigenvalue weighted by Crippen LogP contribution is 2.81. The maximum atomic E-state index is 10.9. The Kier molecular flexibility index (Phi) is 1.90. The molecule has 3 saturated carbocycles. The maximum Gasteiger partial charge on any atom is 0.0743 e. The van der Waals surface area contributed by atoms with Crippen LogP contribution in [0.4, 0.5) is 0 Å². The van der Waals surface area contributed by atoms with Gasteiger partial charge in [-0.25, -0.2) is 0 Å². The summed E-state index contributed by atoms with van der Waals surface area (Å²) in [5, 5.41) is 10.9. The minimum Gasteiger partial charge on any atom is -0.389 e. The second kappa shape index (κ2) is 2.88. The molecule has 3 fully saturated rings. The summed E-state index contributed by atoms with van der Waals surface area (Å²) < 4.78 is 0. The molecule has 3 aliphatic carbocycles. The van der Waals surface area contributed by atoms with E-state index in [1.54, 1.807) is 0 Å². The molecular weight excluding hydrogens is 184 g/mol. The zero-order valence-electron chi connectivity index (χ0n) is 9.60. The van der Waals surface area contributed by atoms with Gasteiger partial charge in [0.2, 0.25) is 0 Å². The molecule has 1 nitrogen and oxygen atoms in total. The predicted octanol–water partition coefficient (Wildman–Crippen LogP) is 3.43. The van der Waals surface area contributed by atoms with Gasteiger partial charge in [0.1, 0.15) is 0 Å². The highest BCUT2D eigenvalue weighted by atomic mass is 16.3. The molecule has 0 aromatic heterocycles. The standard InChI is InChI=1S/C14H22O/c1-2-6-14(15)10-4-3-7-12-8-5-9-13(12,14)11-12/h2,15H,1,3-11H2/t12-,13-,14+/m1/s1. The van der Waals surface area contributed by atoms with Crippen molar-refractivity contribution in [1.82, 2.24) is 0 Å². The van der Waals surface area contributed by atoms with Crippen molar-refractivity contribution in [1.29, 1.82) is 0 Å². The van der Waals surface area contributed by atoms with Crippen molar-refractivity contribution in [3.8, 4) is 0 Å². The summed E-state index contributed by atoms with van der Waals surface area (Å²) in [5.74, 6) is 0. The molecule has 0 heterocycles. The van der Waals surface area contributed by atoms with Gasteiger partial charge >= 0.3 is 0 Å². The van der Waals surface area contributed by atoms with Crippen molar-refractivity contribution in [2.75, 3.05) is 0 Å². The molecule has 3 atom stereocenters. The molecule has 3 aliphatic rings. The molecular formula is C14H22O. The zero-order chi connectivity index (χ0) is 10.6. The largest absolute Gasteiger partial charge is 0.389 e. The van der Waals surface area contributed by atoms with Gasteiger partial charge in [-0.1, -0.05) is 25.3 Å². The fourth-order valence-electron chi connectivity index (χ4n) is 4.94. The molecule has 3 rings (SSSR count). The summed E-state index contributed by atoms with van der Waals surface area (Å²) in [6.45, 7) is 3.83. The summed E-state index contributed by atoms with van der Waals surface area (Å²) in [6, 6.07) is 0. The Bertz CT molecular complexity index is 298. The van der Waals surface area contributed by atoms with Crippen LogP contribution >= 0.6 is 0 Å².